The summed E-state index contributed by atoms with van der Waals surface area (Å²) in [5, 5.41) is 1.19. The molecule has 0 spiro atoms. The summed E-state index contributed by atoms with van der Waals surface area (Å²) in [5.41, 5.74) is 0.568. The van der Waals surface area contributed by atoms with Gasteiger partial charge in [0, 0.05) is 18.4 Å². The molecule has 0 radical (unpaired) electrons. The lowest BCUT2D eigenvalue weighted by atomic mass is 9.75. The van der Waals surface area contributed by atoms with Gasteiger partial charge in [-0.05, 0) is 64.2 Å². The van der Waals surface area contributed by atoms with Crippen LogP contribution in [0.4, 0.5) is 0 Å². The van der Waals surface area contributed by atoms with Crippen molar-refractivity contribution in [2.45, 2.75) is 44.9 Å². The molecule has 0 N–H and O–H groups in total. The number of piperidine rings is 1. The standard InChI is InChI=1S/C16H31BrN2/c1-18-10-6-15(7-11-18)12-19(2)14-16(13-17)8-4-3-5-9-16/h15H,3-14H2,1-2H3. The topological polar surface area (TPSA) is 6.48 Å². The second-order valence-corrected chi connectivity index (χ2v) is 7.70. The number of alkyl halides is 1. The monoisotopic (exact) mass is 330 g/mol. The molecule has 2 rings (SSSR count). The van der Waals surface area contributed by atoms with Crippen molar-refractivity contribution < 1.29 is 0 Å². The highest BCUT2D eigenvalue weighted by Crippen LogP contribution is 2.38. The van der Waals surface area contributed by atoms with E-state index < -0.39 is 0 Å². The van der Waals surface area contributed by atoms with Crippen LogP contribution >= 0.6 is 15.9 Å². The Hall–Kier alpha value is 0.400. The summed E-state index contributed by atoms with van der Waals surface area (Å²) in [6, 6.07) is 0. The third kappa shape index (κ3) is 4.71. The van der Waals surface area contributed by atoms with Crippen LogP contribution in [0.25, 0.3) is 0 Å². The van der Waals surface area contributed by atoms with E-state index in [1.165, 1.54) is 76.5 Å². The van der Waals surface area contributed by atoms with Gasteiger partial charge in [0.2, 0.25) is 0 Å². The molecule has 0 aromatic rings. The molecule has 0 unspecified atom stereocenters. The Balaban J connectivity index is 1.77. The highest BCUT2D eigenvalue weighted by Gasteiger charge is 2.32. The van der Waals surface area contributed by atoms with Gasteiger partial charge >= 0.3 is 0 Å². The first-order valence-electron chi connectivity index (χ1n) is 8.07. The van der Waals surface area contributed by atoms with Crippen LogP contribution in [0.2, 0.25) is 0 Å². The fourth-order valence-corrected chi connectivity index (χ4v) is 4.70. The lowest BCUT2D eigenvalue weighted by molar-refractivity contribution is 0.115. The molecular weight excluding hydrogens is 300 g/mol. The normalized spacial score (nSPS) is 25.9. The molecule has 2 fully saturated rings. The van der Waals surface area contributed by atoms with Crippen molar-refractivity contribution in [3.05, 3.63) is 0 Å². The first-order chi connectivity index (χ1) is 9.13. The van der Waals surface area contributed by atoms with Gasteiger partial charge in [0.05, 0.1) is 0 Å². The quantitative estimate of drug-likeness (QED) is 0.710. The Morgan fingerprint density at radius 1 is 1.16 bits per heavy atom. The highest BCUT2D eigenvalue weighted by atomic mass is 79.9. The predicted octanol–water partition coefficient (Wildman–Crippen LogP) is 3.61. The third-order valence-corrected chi connectivity index (χ3v) is 6.40. The summed E-state index contributed by atoms with van der Waals surface area (Å²) >= 11 is 3.80. The Kier molecular flexibility index (Phi) is 6.16. The van der Waals surface area contributed by atoms with E-state index in [1.54, 1.807) is 0 Å². The molecule has 1 aliphatic carbocycles. The van der Waals surface area contributed by atoms with E-state index in [9.17, 15) is 0 Å². The zero-order chi connectivity index (χ0) is 13.7. The second kappa shape index (κ2) is 7.42. The number of halogens is 1. The molecule has 0 amide bonds. The fourth-order valence-electron chi connectivity index (χ4n) is 3.96. The van der Waals surface area contributed by atoms with Crippen LogP contribution in [0, 0.1) is 11.3 Å². The van der Waals surface area contributed by atoms with Crippen LogP contribution < -0.4 is 0 Å². The van der Waals surface area contributed by atoms with Crippen molar-refractivity contribution in [3.8, 4) is 0 Å². The van der Waals surface area contributed by atoms with Gasteiger partial charge in [0.1, 0.15) is 0 Å². The van der Waals surface area contributed by atoms with Gasteiger partial charge in [-0.1, -0.05) is 35.2 Å². The number of hydrogen-bond acceptors (Lipinski definition) is 2. The van der Waals surface area contributed by atoms with Crippen molar-refractivity contribution in [3.63, 3.8) is 0 Å². The number of likely N-dealkylation sites (tertiary alicyclic amines) is 1. The largest absolute Gasteiger partial charge is 0.306 e. The maximum Gasteiger partial charge on any atom is 0.0100 e. The van der Waals surface area contributed by atoms with E-state index in [4.69, 9.17) is 0 Å². The second-order valence-electron chi connectivity index (χ2n) is 7.14. The third-order valence-electron chi connectivity index (χ3n) is 5.21. The average Bonchev–Trinajstić information content (AvgIpc) is 2.42. The first kappa shape index (κ1) is 15.8. The Bertz CT molecular complexity index is 255. The van der Waals surface area contributed by atoms with Gasteiger partial charge in [-0.2, -0.15) is 0 Å². The highest BCUT2D eigenvalue weighted by molar-refractivity contribution is 9.09. The molecule has 1 heterocycles. The molecule has 0 bridgehead atoms. The SMILES string of the molecule is CN1CCC(CN(C)CC2(CBr)CCCCC2)CC1. The van der Waals surface area contributed by atoms with Crippen molar-refractivity contribution in [1.29, 1.82) is 0 Å². The van der Waals surface area contributed by atoms with Crippen LogP contribution in [-0.4, -0.2) is 55.4 Å². The van der Waals surface area contributed by atoms with Gasteiger partial charge in [-0.3, -0.25) is 0 Å². The van der Waals surface area contributed by atoms with Gasteiger partial charge < -0.3 is 9.80 Å². The van der Waals surface area contributed by atoms with E-state index in [1.807, 2.05) is 0 Å². The van der Waals surface area contributed by atoms with Gasteiger partial charge in [0.25, 0.3) is 0 Å². The van der Waals surface area contributed by atoms with Gasteiger partial charge in [0.15, 0.2) is 0 Å². The lowest BCUT2D eigenvalue weighted by Gasteiger charge is -2.40. The van der Waals surface area contributed by atoms with Crippen molar-refractivity contribution in [2.24, 2.45) is 11.3 Å². The van der Waals surface area contributed by atoms with E-state index in [2.05, 4.69) is 39.8 Å². The molecule has 0 atom stereocenters. The summed E-state index contributed by atoms with van der Waals surface area (Å²) < 4.78 is 0. The van der Waals surface area contributed by atoms with E-state index in [0.29, 0.717) is 5.41 Å². The summed E-state index contributed by atoms with van der Waals surface area (Å²) in [6.07, 6.45) is 9.96. The van der Waals surface area contributed by atoms with Crippen molar-refractivity contribution in [2.75, 3.05) is 45.6 Å². The Labute approximate surface area is 128 Å². The number of rotatable bonds is 5. The Morgan fingerprint density at radius 2 is 1.79 bits per heavy atom. The molecule has 0 aromatic carbocycles. The molecular formula is C16H31BrN2. The maximum atomic E-state index is 3.80. The summed E-state index contributed by atoms with van der Waals surface area (Å²) in [6.45, 7) is 5.19. The maximum absolute atomic E-state index is 3.80. The fraction of sp³-hybridized carbons (Fsp3) is 1.00. The van der Waals surface area contributed by atoms with Gasteiger partial charge in [-0.25, -0.2) is 0 Å². The molecule has 0 aromatic heterocycles. The minimum atomic E-state index is 0.568. The van der Waals surface area contributed by atoms with Crippen LogP contribution in [-0.2, 0) is 0 Å². The van der Waals surface area contributed by atoms with Crippen molar-refractivity contribution >= 4 is 15.9 Å². The van der Waals surface area contributed by atoms with E-state index in [0.717, 1.165) is 5.92 Å². The summed E-state index contributed by atoms with van der Waals surface area (Å²) in [5.74, 6) is 0.928. The van der Waals surface area contributed by atoms with E-state index in [-0.39, 0.29) is 0 Å². The van der Waals surface area contributed by atoms with Crippen molar-refractivity contribution in [1.82, 2.24) is 9.80 Å². The van der Waals surface area contributed by atoms with Crippen LogP contribution in [0.1, 0.15) is 44.9 Å². The number of hydrogen-bond donors (Lipinski definition) is 0. The minimum Gasteiger partial charge on any atom is -0.306 e. The lowest BCUT2D eigenvalue weighted by Crippen LogP contribution is -2.42. The molecule has 1 saturated carbocycles. The first-order valence-corrected chi connectivity index (χ1v) is 9.19. The predicted molar refractivity (Wildman–Crippen MR) is 87.0 cm³/mol. The zero-order valence-corrected chi connectivity index (χ0v) is 14.4. The molecule has 1 saturated heterocycles. The van der Waals surface area contributed by atoms with Crippen LogP contribution in [0.5, 0.6) is 0 Å². The minimum absolute atomic E-state index is 0.568. The average molecular weight is 331 g/mol. The van der Waals surface area contributed by atoms with Crippen LogP contribution in [0.3, 0.4) is 0 Å². The zero-order valence-electron chi connectivity index (χ0n) is 12.8. The molecule has 2 nitrogen and oxygen atoms in total. The molecule has 3 heteroatoms. The molecule has 2 aliphatic rings. The number of nitrogens with zero attached hydrogens (tertiary/aromatic N) is 2. The summed E-state index contributed by atoms with van der Waals surface area (Å²) in [4.78, 5) is 5.10. The van der Waals surface area contributed by atoms with E-state index >= 15 is 0 Å². The Morgan fingerprint density at radius 3 is 2.37 bits per heavy atom. The van der Waals surface area contributed by atoms with Crippen LogP contribution in [0.15, 0.2) is 0 Å². The molecule has 112 valence electrons. The molecule has 19 heavy (non-hydrogen) atoms. The summed E-state index contributed by atoms with van der Waals surface area (Å²) in [7, 11) is 4.60. The van der Waals surface area contributed by atoms with Gasteiger partial charge in [-0.15, -0.1) is 0 Å². The smallest absolute Gasteiger partial charge is 0.0100 e. The molecule has 1 aliphatic heterocycles.